The second-order valence-electron chi connectivity index (χ2n) is 4.59. The number of aliphatic hydroxyl groups is 1. The minimum Gasteiger partial charge on any atom is -0.388 e. The molecule has 0 bridgehead atoms. The van der Waals surface area contributed by atoms with Gasteiger partial charge in [-0.05, 0) is 19.4 Å². The average Bonchev–Trinajstić information content (AvgIpc) is 2.58. The quantitative estimate of drug-likeness (QED) is 0.631. The zero-order chi connectivity index (χ0) is 12.6. The van der Waals surface area contributed by atoms with E-state index >= 15 is 0 Å². The van der Waals surface area contributed by atoms with Gasteiger partial charge in [-0.15, -0.1) is 0 Å². The first-order valence-electron chi connectivity index (χ1n) is 5.30. The van der Waals surface area contributed by atoms with E-state index in [1.54, 1.807) is 11.8 Å². The van der Waals surface area contributed by atoms with Gasteiger partial charge in [0.05, 0.1) is 16.6 Å². The number of non-ortho nitro benzene ring substituents is 1. The first kappa shape index (κ1) is 11.8. The molecule has 1 aliphatic rings. The molecule has 1 atom stereocenters. The van der Waals surface area contributed by atoms with Crippen molar-refractivity contribution in [2.75, 3.05) is 18.0 Å². The van der Waals surface area contributed by atoms with Gasteiger partial charge in [0.1, 0.15) is 5.82 Å². The summed E-state index contributed by atoms with van der Waals surface area (Å²) in [6.07, 6.45) is 0.567. The van der Waals surface area contributed by atoms with Gasteiger partial charge in [0, 0.05) is 24.8 Å². The standard InChI is InChI=1S/C11H13FN2O3/c1-11(15)2-3-13(7-11)9-4-8(12)5-10(6-9)14(16)17/h4-6,15H,2-3,7H2,1H3. The lowest BCUT2D eigenvalue weighted by Crippen LogP contribution is -2.29. The van der Waals surface area contributed by atoms with E-state index in [2.05, 4.69) is 0 Å². The van der Waals surface area contributed by atoms with Crippen molar-refractivity contribution in [2.45, 2.75) is 18.9 Å². The summed E-state index contributed by atoms with van der Waals surface area (Å²) in [4.78, 5) is 11.7. The number of β-amino-alcohol motifs (C(OH)–C–C–N with tert-alkyl or cyclic N) is 1. The van der Waals surface area contributed by atoms with Crippen molar-refractivity contribution in [1.29, 1.82) is 0 Å². The third kappa shape index (κ3) is 2.52. The highest BCUT2D eigenvalue weighted by atomic mass is 19.1. The van der Waals surface area contributed by atoms with Crippen molar-refractivity contribution in [1.82, 2.24) is 0 Å². The maximum Gasteiger partial charge on any atom is 0.274 e. The molecule has 1 N–H and O–H groups in total. The first-order valence-corrected chi connectivity index (χ1v) is 5.30. The maximum absolute atomic E-state index is 13.2. The second kappa shape index (κ2) is 3.96. The molecule has 5 nitrogen and oxygen atoms in total. The number of rotatable bonds is 2. The normalized spacial score (nSPS) is 24.1. The summed E-state index contributed by atoms with van der Waals surface area (Å²) in [5.74, 6) is -0.638. The fourth-order valence-electron chi connectivity index (χ4n) is 2.01. The van der Waals surface area contributed by atoms with Crippen LogP contribution in [0, 0.1) is 15.9 Å². The van der Waals surface area contributed by atoms with Crippen LogP contribution in [0.4, 0.5) is 15.8 Å². The number of halogens is 1. The number of hydrogen-bond donors (Lipinski definition) is 1. The van der Waals surface area contributed by atoms with E-state index in [4.69, 9.17) is 0 Å². The highest BCUT2D eigenvalue weighted by molar-refractivity contribution is 5.54. The van der Waals surface area contributed by atoms with Gasteiger partial charge >= 0.3 is 0 Å². The minimum absolute atomic E-state index is 0.272. The molecule has 1 heterocycles. The van der Waals surface area contributed by atoms with E-state index < -0.39 is 16.3 Å². The van der Waals surface area contributed by atoms with Gasteiger partial charge in [0.2, 0.25) is 0 Å². The number of benzene rings is 1. The molecule has 17 heavy (non-hydrogen) atoms. The highest BCUT2D eigenvalue weighted by Crippen LogP contribution is 2.29. The molecule has 92 valence electrons. The maximum atomic E-state index is 13.2. The van der Waals surface area contributed by atoms with Crippen LogP contribution in [0.5, 0.6) is 0 Å². The average molecular weight is 240 g/mol. The van der Waals surface area contributed by atoms with Gasteiger partial charge in [0.15, 0.2) is 0 Å². The zero-order valence-corrected chi connectivity index (χ0v) is 9.39. The molecule has 0 spiro atoms. The van der Waals surface area contributed by atoms with Crippen LogP contribution >= 0.6 is 0 Å². The van der Waals surface area contributed by atoms with Crippen LogP contribution in [-0.4, -0.2) is 28.7 Å². The molecule has 1 saturated heterocycles. The summed E-state index contributed by atoms with van der Waals surface area (Å²) in [5.41, 5.74) is -0.651. The van der Waals surface area contributed by atoms with Crippen molar-refractivity contribution in [3.05, 3.63) is 34.1 Å². The number of anilines is 1. The molecule has 1 aromatic rings. The Hall–Kier alpha value is -1.69. The molecule has 0 aromatic heterocycles. The topological polar surface area (TPSA) is 66.6 Å². The summed E-state index contributed by atoms with van der Waals surface area (Å²) in [5, 5.41) is 20.4. The lowest BCUT2D eigenvalue weighted by Gasteiger charge is -2.20. The Morgan fingerprint density at radius 2 is 2.24 bits per heavy atom. The Morgan fingerprint density at radius 3 is 2.76 bits per heavy atom. The van der Waals surface area contributed by atoms with Crippen LogP contribution < -0.4 is 4.90 Å². The lowest BCUT2D eigenvalue weighted by molar-refractivity contribution is -0.385. The first-order chi connectivity index (χ1) is 7.87. The van der Waals surface area contributed by atoms with Gasteiger partial charge in [-0.25, -0.2) is 4.39 Å². The lowest BCUT2D eigenvalue weighted by atomic mass is 10.1. The molecule has 1 aliphatic heterocycles. The van der Waals surface area contributed by atoms with E-state index in [0.717, 1.165) is 6.07 Å². The summed E-state index contributed by atoms with van der Waals surface area (Å²) < 4.78 is 13.2. The summed E-state index contributed by atoms with van der Waals surface area (Å²) in [7, 11) is 0. The van der Waals surface area contributed by atoms with E-state index in [-0.39, 0.29) is 5.69 Å². The predicted molar refractivity (Wildman–Crippen MR) is 60.5 cm³/mol. The van der Waals surface area contributed by atoms with Gasteiger partial charge in [0.25, 0.3) is 5.69 Å². The van der Waals surface area contributed by atoms with Crippen molar-refractivity contribution < 1.29 is 14.4 Å². The molecular weight excluding hydrogens is 227 g/mol. The predicted octanol–water partition coefficient (Wildman–Crippen LogP) is 1.69. The summed E-state index contributed by atoms with van der Waals surface area (Å²) in [6, 6.07) is 3.45. The van der Waals surface area contributed by atoms with Gasteiger partial charge in [-0.1, -0.05) is 0 Å². The fraction of sp³-hybridized carbons (Fsp3) is 0.455. The second-order valence-corrected chi connectivity index (χ2v) is 4.59. The smallest absolute Gasteiger partial charge is 0.274 e. The number of nitro benzene ring substituents is 1. The van der Waals surface area contributed by atoms with Crippen LogP contribution in [-0.2, 0) is 0 Å². The Balaban J connectivity index is 2.30. The third-order valence-corrected chi connectivity index (χ3v) is 2.90. The molecule has 2 rings (SSSR count). The molecule has 1 unspecified atom stereocenters. The van der Waals surface area contributed by atoms with Crippen molar-refractivity contribution in [2.24, 2.45) is 0 Å². The molecule has 0 saturated carbocycles. The van der Waals surface area contributed by atoms with Crippen LogP contribution in [0.15, 0.2) is 18.2 Å². The molecule has 0 aliphatic carbocycles. The largest absolute Gasteiger partial charge is 0.388 e. The van der Waals surface area contributed by atoms with Crippen molar-refractivity contribution >= 4 is 11.4 Å². The Kier molecular flexibility index (Phi) is 2.74. The summed E-state index contributed by atoms with van der Waals surface area (Å²) in [6.45, 7) is 2.61. The summed E-state index contributed by atoms with van der Waals surface area (Å²) >= 11 is 0. The third-order valence-electron chi connectivity index (χ3n) is 2.90. The zero-order valence-electron chi connectivity index (χ0n) is 9.39. The molecular formula is C11H13FN2O3. The van der Waals surface area contributed by atoms with Crippen LogP contribution in [0.25, 0.3) is 0 Å². The molecule has 1 aromatic carbocycles. The van der Waals surface area contributed by atoms with E-state index in [9.17, 15) is 19.6 Å². The molecule has 0 radical (unpaired) electrons. The highest BCUT2D eigenvalue weighted by Gasteiger charge is 2.32. The Morgan fingerprint density at radius 1 is 1.53 bits per heavy atom. The molecule has 1 fully saturated rings. The van der Waals surface area contributed by atoms with Crippen molar-refractivity contribution in [3.63, 3.8) is 0 Å². The van der Waals surface area contributed by atoms with E-state index in [1.807, 2.05) is 0 Å². The van der Waals surface area contributed by atoms with Gasteiger partial charge < -0.3 is 10.0 Å². The number of hydrogen-bond acceptors (Lipinski definition) is 4. The molecule has 6 heteroatoms. The minimum atomic E-state index is -0.818. The van der Waals surface area contributed by atoms with E-state index in [0.29, 0.717) is 25.2 Å². The van der Waals surface area contributed by atoms with Gasteiger partial charge in [-0.2, -0.15) is 0 Å². The number of nitro groups is 1. The van der Waals surface area contributed by atoms with Crippen LogP contribution in [0.3, 0.4) is 0 Å². The number of nitrogens with zero attached hydrogens (tertiary/aromatic N) is 2. The van der Waals surface area contributed by atoms with Crippen LogP contribution in [0.1, 0.15) is 13.3 Å². The Labute approximate surface area is 97.6 Å². The van der Waals surface area contributed by atoms with Crippen LogP contribution in [0.2, 0.25) is 0 Å². The Bertz CT molecular complexity index is 462. The fourth-order valence-corrected chi connectivity index (χ4v) is 2.01. The SMILES string of the molecule is CC1(O)CCN(c2cc(F)cc([N+](=O)[O-])c2)C1. The monoisotopic (exact) mass is 240 g/mol. The van der Waals surface area contributed by atoms with Crippen molar-refractivity contribution in [3.8, 4) is 0 Å². The van der Waals surface area contributed by atoms with Gasteiger partial charge in [-0.3, -0.25) is 10.1 Å². The molecule has 0 amide bonds. The van der Waals surface area contributed by atoms with E-state index in [1.165, 1.54) is 12.1 Å².